The number of piperidine rings is 3. The third-order valence-electron chi connectivity index (χ3n) is 15.0. The van der Waals surface area contributed by atoms with Gasteiger partial charge in [-0.05, 0) is 133 Å². The Morgan fingerprint density at radius 3 is 2.04 bits per heavy atom. The number of aromatic hydroxyl groups is 1. The highest BCUT2D eigenvalue weighted by molar-refractivity contribution is 6.23. The number of rotatable bonds is 5. The number of imide groups is 2. The molecule has 5 aliphatic heterocycles. The van der Waals surface area contributed by atoms with Crippen LogP contribution in [0.25, 0.3) is 0 Å². The second-order valence-electron chi connectivity index (χ2n) is 18.1. The third kappa shape index (κ3) is 6.24. The summed E-state index contributed by atoms with van der Waals surface area (Å²) in [6.45, 7) is 4.90. The Bertz CT molecular complexity index is 2130. The van der Waals surface area contributed by atoms with Gasteiger partial charge in [0.15, 0.2) is 0 Å². The maximum absolute atomic E-state index is 13.6. The predicted octanol–water partition coefficient (Wildman–Crippen LogP) is 5.66. The summed E-state index contributed by atoms with van der Waals surface area (Å²) in [5.41, 5.74) is 8.42. The quantitative estimate of drug-likeness (QED) is 0.319. The van der Waals surface area contributed by atoms with Crippen molar-refractivity contribution >= 4 is 35.2 Å². The number of aryl methyl sites for hydroxylation is 1. The standard InChI is InChI=1S/C46H51N5O6/c52-34-7-8-35-30(23-34)11-14-46(12-1-2-13-46)41(35)29-3-5-33(6-4-29)49-19-15-45(16-20-49)17-21-50(22-18-45)40(54)28-48-26-31-24-36-37(25-32(31)27-48)44(57)51(43(36)56)38-9-10-39(53)47-42(38)55/h3-8,23-25,38,41,52H,1-2,9-22,26-28H2,(H,47,53,55)/t38?,41-/m1/s1. The topological polar surface area (TPSA) is 131 Å². The summed E-state index contributed by atoms with van der Waals surface area (Å²) in [6, 6.07) is 18.0. The molecule has 2 spiro atoms. The Balaban J connectivity index is 0.727. The summed E-state index contributed by atoms with van der Waals surface area (Å²) in [5, 5.41) is 12.5. The van der Waals surface area contributed by atoms with E-state index < -0.39 is 29.7 Å². The molecule has 1 saturated carbocycles. The number of phenols is 1. The lowest BCUT2D eigenvalue weighted by molar-refractivity contribution is -0.137. The molecule has 11 heteroatoms. The van der Waals surface area contributed by atoms with E-state index in [0.29, 0.717) is 30.2 Å². The summed E-state index contributed by atoms with van der Waals surface area (Å²) in [7, 11) is 0. The Morgan fingerprint density at radius 1 is 0.737 bits per heavy atom. The average molecular weight is 770 g/mol. The van der Waals surface area contributed by atoms with Crippen LogP contribution in [0.4, 0.5) is 5.69 Å². The number of nitrogens with zero attached hydrogens (tertiary/aromatic N) is 4. The molecular weight excluding hydrogens is 719 g/mol. The fourth-order valence-corrected chi connectivity index (χ4v) is 11.8. The summed E-state index contributed by atoms with van der Waals surface area (Å²) in [6.07, 6.45) is 11.9. The fraction of sp³-hybridized carbons (Fsp3) is 0.500. The molecule has 4 fully saturated rings. The Morgan fingerprint density at radius 2 is 1.39 bits per heavy atom. The number of fused-ring (bicyclic) bond motifs is 3. The molecule has 3 saturated heterocycles. The van der Waals surface area contributed by atoms with Gasteiger partial charge in [0, 0.05) is 57.3 Å². The zero-order valence-electron chi connectivity index (χ0n) is 32.6. The number of phenolic OH excluding ortho intramolecular Hbond substituents is 1. The summed E-state index contributed by atoms with van der Waals surface area (Å²) < 4.78 is 0. The van der Waals surface area contributed by atoms with Crippen LogP contribution in [0.15, 0.2) is 54.6 Å². The molecule has 3 aromatic rings. The van der Waals surface area contributed by atoms with E-state index in [-0.39, 0.29) is 41.8 Å². The van der Waals surface area contributed by atoms with Gasteiger partial charge < -0.3 is 14.9 Å². The van der Waals surface area contributed by atoms with Crippen molar-refractivity contribution < 1.29 is 29.1 Å². The molecule has 296 valence electrons. The van der Waals surface area contributed by atoms with Crippen LogP contribution in [0.3, 0.4) is 0 Å². The molecule has 5 amide bonds. The predicted molar refractivity (Wildman–Crippen MR) is 213 cm³/mol. The van der Waals surface area contributed by atoms with Crippen LogP contribution in [0.1, 0.15) is 125 Å². The van der Waals surface area contributed by atoms with Gasteiger partial charge in [-0.15, -0.1) is 0 Å². The number of hydrogen-bond acceptors (Lipinski definition) is 8. The second-order valence-corrected chi connectivity index (χ2v) is 18.1. The van der Waals surface area contributed by atoms with E-state index in [0.717, 1.165) is 74.3 Å². The minimum atomic E-state index is -0.985. The third-order valence-corrected chi connectivity index (χ3v) is 15.0. The number of carbonyl (C=O) groups is 5. The van der Waals surface area contributed by atoms with Crippen molar-refractivity contribution in [2.24, 2.45) is 10.8 Å². The van der Waals surface area contributed by atoms with Crippen LogP contribution >= 0.6 is 0 Å². The van der Waals surface area contributed by atoms with E-state index in [9.17, 15) is 29.1 Å². The molecule has 0 bridgehead atoms. The number of anilines is 1. The molecular formula is C46H51N5O6. The van der Waals surface area contributed by atoms with Gasteiger partial charge in [0.05, 0.1) is 17.7 Å². The molecule has 5 heterocycles. The highest BCUT2D eigenvalue weighted by Crippen LogP contribution is 2.58. The Labute approximate surface area is 333 Å². The summed E-state index contributed by atoms with van der Waals surface area (Å²) in [4.78, 5) is 72.0. The van der Waals surface area contributed by atoms with Gasteiger partial charge in [0.25, 0.3) is 11.8 Å². The normalized spacial score (nSPS) is 25.2. The van der Waals surface area contributed by atoms with Gasteiger partial charge >= 0.3 is 0 Å². The van der Waals surface area contributed by atoms with Crippen molar-refractivity contribution in [1.29, 1.82) is 0 Å². The molecule has 2 atom stereocenters. The first-order chi connectivity index (χ1) is 27.6. The fourth-order valence-electron chi connectivity index (χ4n) is 11.8. The monoisotopic (exact) mass is 769 g/mol. The molecule has 0 aromatic heterocycles. The van der Waals surface area contributed by atoms with E-state index >= 15 is 0 Å². The second kappa shape index (κ2) is 13.8. The van der Waals surface area contributed by atoms with E-state index in [2.05, 4.69) is 45.4 Å². The van der Waals surface area contributed by atoms with Crippen LogP contribution in [0, 0.1) is 10.8 Å². The van der Waals surface area contributed by atoms with Gasteiger partial charge in [0.2, 0.25) is 17.7 Å². The van der Waals surface area contributed by atoms with Gasteiger partial charge in [-0.1, -0.05) is 31.0 Å². The van der Waals surface area contributed by atoms with Crippen LogP contribution < -0.4 is 10.2 Å². The Hall–Kier alpha value is -5.03. The molecule has 7 aliphatic rings. The molecule has 2 aliphatic carbocycles. The van der Waals surface area contributed by atoms with E-state index in [1.165, 1.54) is 54.5 Å². The maximum atomic E-state index is 13.6. The van der Waals surface area contributed by atoms with Crippen LogP contribution in [-0.4, -0.2) is 88.1 Å². The first kappa shape index (κ1) is 36.3. The van der Waals surface area contributed by atoms with Crippen LogP contribution in [-0.2, 0) is 33.9 Å². The highest BCUT2D eigenvalue weighted by atomic mass is 16.3. The summed E-state index contributed by atoms with van der Waals surface area (Å²) in [5.74, 6) is -1.15. The van der Waals surface area contributed by atoms with Gasteiger partial charge in [-0.25, -0.2) is 0 Å². The molecule has 0 radical (unpaired) electrons. The van der Waals surface area contributed by atoms with Crippen molar-refractivity contribution in [1.82, 2.24) is 20.0 Å². The zero-order valence-corrected chi connectivity index (χ0v) is 32.6. The first-order valence-corrected chi connectivity index (χ1v) is 21.1. The number of benzene rings is 3. The largest absolute Gasteiger partial charge is 0.508 e. The number of nitrogens with one attached hydrogen (secondary N) is 1. The van der Waals surface area contributed by atoms with Crippen LogP contribution in [0.5, 0.6) is 5.75 Å². The highest BCUT2D eigenvalue weighted by Gasteiger charge is 2.47. The minimum Gasteiger partial charge on any atom is -0.508 e. The molecule has 57 heavy (non-hydrogen) atoms. The SMILES string of the molecule is O=C1CCC(N2C(=O)c3cc4c(cc3C2=O)CN(CC(=O)N2CCC3(CC2)CCN(c2ccc([C@@H]5c6ccc(O)cc6CCC56CCCC6)cc2)CC3)C4)C(=O)N1. The van der Waals surface area contributed by atoms with Gasteiger partial charge in [-0.3, -0.25) is 39.1 Å². The number of carbonyl (C=O) groups excluding carboxylic acids is 5. The van der Waals surface area contributed by atoms with Crippen molar-refractivity contribution in [2.75, 3.05) is 37.6 Å². The molecule has 10 rings (SSSR count). The maximum Gasteiger partial charge on any atom is 0.262 e. The van der Waals surface area contributed by atoms with Gasteiger partial charge in [0.1, 0.15) is 11.8 Å². The summed E-state index contributed by atoms with van der Waals surface area (Å²) >= 11 is 0. The van der Waals surface area contributed by atoms with Crippen molar-refractivity contribution in [2.45, 2.75) is 102 Å². The van der Waals surface area contributed by atoms with E-state index in [1.807, 2.05) is 17.0 Å². The van der Waals surface area contributed by atoms with Crippen LogP contribution in [0.2, 0.25) is 0 Å². The zero-order chi connectivity index (χ0) is 39.1. The first-order valence-electron chi connectivity index (χ1n) is 21.1. The van der Waals surface area contributed by atoms with Crippen molar-refractivity contribution in [3.63, 3.8) is 0 Å². The molecule has 11 nitrogen and oxygen atoms in total. The minimum absolute atomic E-state index is 0.0846. The average Bonchev–Trinajstić information content (AvgIpc) is 3.91. The number of amides is 5. The van der Waals surface area contributed by atoms with E-state index in [4.69, 9.17) is 0 Å². The van der Waals surface area contributed by atoms with Crippen molar-refractivity contribution in [3.05, 3.63) is 93.5 Å². The molecule has 1 unspecified atom stereocenters. The number of hydrogen-bond donors (Lipinski definition) is 2. The van der Waals surface area contributed by atoms with Gasteiger partial charge in [-0.2, -0.15) is 0 Å². The number of likely N-dealkylation sites (tertiary alicyclic amines) is 1. The lowest BCUT2D eigenvalue weighted by Gasteiger charge is -2.47. The molecule has 2 N–H and O–H groups in total. The Kier molecular flexibility index (Phi) is 8.81. The lowest BCUT2D eigenvalue weighted by Crippen LogP contribution is -2.54. The van der Waals surface area contributed by atoms with Crippen molar-refractivity contribution in [3.8, 4) is 5.75 Å². The smallest absolute Gasteiger partial charge is 0.262 e. The molecule has 3 aromatic carbocycles. The lowest BCUT2D eigenvalue weighted by atomic mass is 9.60. The van der Waals surface area contributed by atoms with E-state index in [1.54, 1.807) is 12.1 Å².